The van der Waals surface area contributed by atoms with Crippen molar-refractivity contribution in [1.82, 2.24) is 5.32 Å². The summed E-state index contributed by atoms with van der Waals surface area (Å²) in [5.41, 5.74) is 9.49. The molecule has 80 valence electrons. The van der Waals surface area contributed by atoms with E-state index in [9.17, 15) is 0 Å². The van der Waals surface area contributed by atoms with Gasteiger partial charge in [-0.05, 0) is 30.5 Å². The minimum Gasteiger partial charge on any atom is -0.329 e. The Kier molecular flexibility index (Phi) is 4.36. The Balaban J connectivity index is 2.83. The Hall–Kier alpha value is -1.30. The second-order valence-corrected chi connectivity index (χ2v) is 3.72. The zero-order valence-corrected chi connectivity index (χ0v) is 9.38. The third-order valence-corrected chi connectivity index (χ3v) is 2.62. The summed E-state index contributed by atoms with van der Waals surface area (Å²) in [6.45, 7) is 5.32. The molecule has 0 aliphatic carbocycles. The van der Waals surface area contributed by atoms with E-state index < -0.39 is 0 Å². The number of hydrogen-bond acceptors (Lipinski definition) is 2. The highest BCUT2D eigenvalue weighted by molar-refractivity contribution is 5.32. The molecule has 1 aromatic carbocycles. The van der Waals surface area contributed by atoms with Crippen LogP contribution in [-0.4, -0.2) is 13.1 Å². The van der Waals surface area contributed by atoms with Crippen molar-refractivity contribution in [3.8, 4) is 12.3 Å². The Morgan fingerprint density at radius 3 is 2.67 bits per heavy atom. The Morgan fingerprint density at radius 2 is 2.13 bits per heavy atom. The van der Waals surface area contributed by atoms with E-state index in [4.69, 9.17) is 12.2 Å². The molecule has 0 aromatic heterocycles. The van der Waals surface area contributed by atoms with E-state index in [0.29, 0.717) is 13.1 Å². The summed E-state index contributed by atoms with van der Waals surface area (Å²) in [6.07, 6.45) is 5.21. The van der Waals surface area contributed by atoms with E-state index in [0.717, 1.165) is 0 Å². The molecule has 2 nitrogen and oxygen atoms in total. The van der Waals surface area contributed by atoms with Gasteiger partial charge in [0.05, 0.1) is 6.54 Å². The molecule has 0 bridgehead atoms. The van der Waals surface area contributed by atoms with Crippen molar-refractivity contribution in [2.75, 3.05) is 13.1 Å². The van der Waals surface area contributed by atoms with Crippen LogP contribution in [0.4, 0.5) is 0 Å². The van der Waals surface area contributed by atoms with Crippen LogP contribution in [0.3, 0.4) is 0 Å². The van der Waals surface area contributed by atoms with Crippen molar-refractivity contribution in [1.29, 1.82) is 0 Å². The molecule has 0 spiro atoms. The highest BCUT2D eigenvalue weighted by Gasteiger charge is 2.08. The number of benzene rings is 1. The average molecular weight is 202 g/mol. The maximum Gasteiger partial charge on any atom is 0.0578 e. The first-order chi connectivity index (χ1) is 7.19. The van der Waals surface area contributed by atoms with E-state index in [-0.39, 0.29) is 6.04 Å². The second kappa shape index (κ2) is 5.55. The number of nitrogens with one attached hydrogen (secondary N) is 1. The van der Waals surface area contributed by atoms with Crippen LogP contribution in [-0.2, 0) is 0 Å². The van der Waals surface area contributed by atoms with Crippen LogP contribution in [0.15, 0.2) is 18.2 Å². The Morgan fingerprint density at radius 1 is 1.40 bits per heavy atom. The fraction of sp³-hybridized carbons (Fsp3) is 0.385. The zero-order chi connectivity index (χ0) is 11.3. The van der Waals surface area contributed by atoms with Gasteiger partial charge in [0.1, 0.15) is 0 Å². The van der Waals surface area contributed by atoms with Gasteiger partial charge in [-0.2, -0.15) is 0 Å². The summed E-state index contributed by atoms with van der Waals surface area (Å²) < 4.78 is 0. The lowest BCUT2D eigenvalue weighted by atomic mass is 10.0. The molecule has 0 aliphatic rings. The van der Waals surface area contributed by atoms with Crippen LogP contribution in [0.5, 0.6) is 0 Å². The summed E-state index contributed by atoms with van der Waals surface area (Å²) in [7, 11) is 0. The lowest BCUT2D eigenvalue weighted by molar-refractivity contribution is 0.582. The zero-order valence-electron chi connectivity index (χ0n) is 9.38. The third-order valence-electron chi connectivity index (χ3n) is 2.62. The molecule has 0 saturated heterocycles. The maximum absolute atomic E-state index is 5.70. The molecule has 2 heteroatoms. The van der Waals surface area contributed by atoms with Crippen molar-refractivity contribution in [3.63, 3.8) is 0 Å². The smallest absolute Gasteiger partial charge is 0.0578 e. The van der Waals surface area contributed by atoms with E-state index in [1.165, 1.54) is 16.7 Å². The van der Waals surface area contributed by atoms with E-state index >= 15 is 0 Å². The van der Waals surface area contributed by atoms with E-state index in [1.54, 1.807) is 0 Å². The van der Waals surface area contributed by atoms with Crippen molar-refractivity contribution in [2.45, 2.75) is 19.9 Å². The number of nitrogens with two attached hydrogens (primary N) is 1. The molecule has 0 radical (unpaired) electrons. The molecule has 3 N–H and O–H groups in total. The predicted molar refractivity (Wildman–Crippen MR) is 64.5 cm³/mol. The number of rotatable bonds is 4. The molecular formula is C13H18N2. The van der Waals surface area contributed by atoms with Gasteiger partial charge in [-0.3, -0.25) is 5.32 Å². The number of aryl methyl sites for hydroxylation is 2. The van der Waals surface area contributed by atoms with Gasteiger partial charge >= 0.3 is 0 Å². The van der Waals surface area contributed by atoms with Crippen LogP contribution < -0.4 is 11.1 Å². The van der Waals surface area contributed by atoms with Crippen LogP contribution in [0.2, 0.25) is 0 Å². The number of terminal acetylenes is 1. The molecule has 0 aliphatic heterocycles. The van der Waals surface area contributed by atoms with Crippen LogP contribution in [0.1, 0.15) is 22.7 Å². The molecule has 0 saturated carbocycles. The molecule has 0 amide bonds. The lowest BCUT2D eigenvalue weighted by Crippen LogP contribution is -2.28. The van der Waals surface area contributed by atoms with E-state index in [2.05, 4.69) is 43.3 Å². The highest BCUT2D eigenvalue weighted by Crippen LogP contribution is 2.16. The quantitative estimate of drug-likeness (QED) is 0.727. The van der Waals surface area contributed by atoms with Crippen LogP contribution >= 0.6 is 0 Å². The SMILES string of the molecule is C#CCNC(CN)c1ccc(C)c(C)c1. The fourth-order valence-corrected chi connectivity index (χ4v) is 1.50. The summed E-state index contributed by atoms with van der Waals surface area (Å²) >= 11 is 0. The Bertz CT molecular complexity index is 363. The average Bonchev–Trinajstić information content (AvgIpc) is 2.24. The van der Waals surface area contributed by atoms with Gasteiger partial charge < -0.3 is 5.73 Å². The first-order valence-electron chi connectivity index (χ1n) is 5.13. The van der Waals surface area contributed by atoms with Gasteiger partial charge in [0.2, 0.25) is 0 Å². The largest absolute Gasteiger partial charge is 0.329 e. The topological polar surface area (TPSA) is 38.0 Å². The molecule has 0 heterocycles. The Labute approximate surface area is 91.9 Å². The molecule has 15 heavy (non-hydrogen) atoms. The first-order valence-corrected chi connectivity index (χ1v) is 5.13. The summed E-state index contributed by atoms with van der Waals surface area (Å²) in [4.78, 5) is 0. The standard InChI is InChI=1S/C13H18N2/c1-4-7-15-13(9-14)12-6-5-10(2)11(3)8-12/h1,5-6,8,13,15H,7,9,14H2,2-3H3. The fourth-order valence-electron chi connectivity index (χ4n) is 1.50. The van der Waals surface area contributed by atoms with Gasteiger partial charge in [-0.25, -0.2) is 0 Å². The van der Waals surface area contributed by atoms with Gasteiger partial charge in [0.15, 0.2) is 0 Å². The number of hydrogen-bond donors (Lipinski definition) is 2. The second-order valence-electron chi connectivity index (χ2n) is 3.72. The van der Waals surface area contributed by atoms with E-state index in [1.807, 2.05) is 0 Å². The van der Waals surface area contributed by atoms with Gasteiger partial charge in [-0.1, -0.05) is 24.1 Å². The lowest BCUT2D eigenvalue weighted by Gasteiger charge is -2.16. The first kappa shape index (κ1) is 11.8. The minimum absolute atomic E-state index is 0.153. The molecule has 1 atom stereocenters. The van der Waals surface area contributed by atoms with Gasteiger partial charge in [0.25, 0.3) is 0 Å². The van der Waals surface area contributed by atoms with Crippen molar-refractivity contribution in [2.24, 2.45) is 5.73 Å². The van der Waals surface area contributed by atoms with Crippen molar-refractivity contribution >= 4 is 0 Å². The normalized spacial score (nSPS) is 12.1. The minimum atomic E-state index is 0.153. The predicted octanol–water partition coefficient (Wildman–Crippen LogP) is 1.53. The third kappa shape index (κ3) is 3.09. The highest BCUT2D eigenvalue weighted by atomic mass is 14.9. The molecule has 1 aromatic rings. The van der Waals surface area contributed by atoms with Crippen molar-refractivity contribution < 1.29 is 0 Å². The van der Waals surface area contributed by atoms with Crippen molar-refractivity contribution in [3.05, 3.63) is 34.9 Å². The summed E-state index contributed by atoms with van der Waals surface area (Å²) in [5, 5.41) is 3.22. The maximum atomic E-state index is 5.70. The monoisotopic (exact) mass is 202 g/mol. The summed E-state index contributed by atoms with van der Waals surface area (Å²) in [6, 6.07) is 6.53. The molecule has 0 fully saturated rings. The van der Waals surface area contributed by atoms with Crippen LogP contribution in [0, 0.1) is 26.2 Å². The molecule has 1 rings (SSSR count). The summed E-state index contributed by atoms with van der Waals surface area (Å²) in [5.74, 6) is 2.56. The van der Waals surface area contributed by atoms with Gasteiger partial charge in [0, 0.05) is 12.6 Å². The molecule has 1 unspecified atom stereocenters. The van der Waals surface area contributed by atoms with Crippen LogP contribution in [0.25, 0.3) is 0 Å². The van der Waals surface area contributed by atoms with Gasteiger partial charge in [-0.15, -0.1) is 6.42 Å². The molecular weight excluding hydrogens is 184 g/mol.